The van der Waals surface area contributed by atoms with Crippen molar-refractivity contribution in [1.29, 1.82) is 0 Å². The molecule has 0 aliphatic heterocycles. The summed E-state index contributed by atoms with van der Waals surface area (Å²) in [5.74, 6) is 0.586. The van der Waals surface area contributed by atoms with E-state index >= 15 is 0 Å². The van der Waals surface area contributed by atoms with Crippen LogP contribution in [0.5, 0.6) is 0 Å². The predicted molar refractivity (Wildman–Crippen MR) is 85.8 cm³/mol. The lowest BCUT2D eigenvalue weighted by Crippen LogP contribution is -2.38. The maximum Gasteiger partial charge on any atom is 0.411 e. The van der Waals surface area contributed by atoms with Crippen LogP contribution in [0.2, 0.25) is 5.02 Å². The van der Waals surface area contributed by atoms with Crippen LogP contribution in [-0.2, 0) is 11.3 Å². The summed E-state index contributed by atoms with van der Waals surface area (Å²) in [6.07, 6.45) is -3.83. The van der Waals surface area contributed by atoms with Gasteiger partial charge in [0, 0.05) is 24.7 Å². The number of nitrogens with one attached hydrogen (secondary N) is 2. The molecule has 4 nitrogen and oxygen atoms in total. The van der Waals surface area contributed by atoms with Crippen LogP contribution in [-0.4, -0.2) is 38.4 Å². The Kier molecular flexibility index (Phi) is 8.79. The normalized spacial score (nSPS) is 12.3. The van der Waals surface area contributed by atoms with Gasteiger partial charge in [-0.3, -0.25) is 0 Å². The predicted octanol–water partition coefficient (Wildman–Crippen LogP) is 3.36. The van der Waals surface area contributed by atoms with Gasteiger partial charge in [-0.1, -0.05) is 29.8 Å². The number of hydrogen-bond donors (Lipinski definition) is 2. The van der Waals surface area contributed by atoms with Gasteiger partial charge in [0.25, 0.3) is 0 Å². The van der Waals surface area contributed by atoms with Gasteiger partial charge in [0.2, 0.25) is 0 Å². The molecule has 0 aromatic heterocycles. The number of aliphatic imine (C=N–C) groups is 1. The van der Waals surface area contributed by atoms with Gasteiger partial charge in [0.15, 0.2) is 5.96 Å². The lowest BCUT2D eigenvalue weighted by Gasteiger charge is -2.12. The summed E-state index contributed by atoms with van der Waals surface area (Å²) in [7, 11) is 0. The van der Waals surface area contributed by atoms with Crippen molar-refractivity contribution >= 4 is 17.6 Å². The number of ether oxygens (including phenoxy) is 1. The van der Waals surface area contributed by atoms with Crippen LogP contribution in [0.3, 0.4) is 0 Å². The number of halogens is 4. The van der Waals surface area contributed by atoms with E-state index in [1.54, 1.807) is 6.07 Å². The van der Waals surface area contributed by atoms with E-state index in [1.165, 1.54) is 0 Å². The van der Waals surface area contributed by atoms with Gasteiger partial charge < -0.3 is 15.4 Å². The third-order valence-electron chi connectivity index (χ3n) is 2.73. The summed E-state index contributed by atoms with van der Waals surface area (Å²) >= 11 is 6.06. The van der Waals surface area contributed by atoms with E-state index in [1.807, 2.05) is 25.1 Å². The van der Waals surface area contributed by atoms with Crippen molar-refractivity contribution in [2.75, 3.05) is 26.3 Å². The van der Waals surface area contributed by atoms with Crippen LogP contribution in [0.1, 0.15) is 18.9 Å². The molecule has 0 fully saturated rings. The number of benzene rings is 1. The summed E-state index contributed by atoms with van der Waals surface area (Å²) < 4.78 is 40.3. The standard InChI is InChI=1S/C15H21ClF3N3O/c1-2-20-14(21-8-5-9-23-11-15(17,18)19)22-10-12-6-3-4-7-13(12)16/h3-4,6-7H,2,5,8-11H2,1H3,(H2,20,21,22). The van der Waals surface area contributed by atoms with Crippen molar-refractivity contribution in [3.8, 4) is 0 Å². The minimum absolute atomic E-state index is 0.0381. The first kappa shape index (κ1) is 19.6. The summed E-state index contributed by atoms with van der Waals surface area (Å²) in [4.78, 5) is 4.39. The average Bonchev–Trinajstić information content (AvgIpc) is 2.48. The first-order chi connectivity index (χ1) is 10.9. The molecular weight excluding hydrogens is 331 g/mol. The summed E-state index contributed by atoms with van der Waals surface area (Å²) in [6, 6.07) is 7.42. The largest absolute Gasteiger partial charge is 0.411 e. The maximum absolute atomic E-state index is 11.9. The first-order valence-electron chi connectivity index (χ1n) is 7.32. The van der Waals surface area contributed by atoms with E-state index in [0.29, 0.717) is 37.0 Å². The number of hydrogen-bond acceptors (Lipinski definition) is 2. The van der Waals surface area contributed by atoms with Crippen molar-refractivity contribution in [1.82, 2.24) is 10.6 Å². The Hall–Kier alpha value is -1.47. The molecular formula is C15H21ClF3N3O. The van der Waals surface area contributed by atoms with Crippen LogP contribution in [0.25, 0.3) is 0 Å². The van der Waals surface area contributed by atoms with Gasteiger partial charge in [0.1, 0.15) is 6.61 Å². The van der Waals surface area contributed by atoms with Gasteiger partial charge in [-0.25, -0.2) is 4.99 Å². The lowest BCUT2D eigenvalue weighted by molar-refractivity contribution is -0.173. The van der Waals surface area contributed by atoms with E-state index < -0.39 is 12.8 Å². The van der Waals surface area contributed by atoms with Crippen LogP contribution < -0.4 is 10.6 Å². The Morgan fingerprint density at radius 1 is 1.26 bits per heavy atom. The molecule has 0 saturated carbocycles. The van der Waals surface area contributed by atoms with E-state index in [9.17, 15) is 13.2 Å². The molecule has 0 heterocycles. The lowest BCUT2D eigenvalue weighted by atomic mass is 10.2. The summed E-state index contributed by atoms with van der Waals surface area (Å²) in [5, 5.41) is 6.75. The van der Waals surface area contributed by atoms with Crippen LogP contribution in [0.15, 0.2) is 29.3 Å². The molecule has 130 valence electrons. The molecule has 1 aromatic carbocycles. The second-order valence-corrected chi connectivity index (χ2v) is 5.14. The molecule has 0 radical (unpaired) electrons. The molecule has 0 aliphatic rings. The van der Waals surface area contributed by atoms with E-state index in [4.69, 9.17) is 11.6 Å². The van der Waals surface area contributed by atoms with Crippen molar-refractivity contribution in [3.63, 3.8) is 0 Å². The van der Waals surface area contributed by atoms with E-state index in [0.717, 1.165) is 5.56 Å². The van der Waals surface area contributed by atoms with Gasteiger partial charge in [0.05, 0.1) is 6.54 Å². The number of rotatable bonds is 8. The van der Waals surface area contributed by atoms with Crippen molar-refractivity contribution in [2.24, 2.45) is 4.99 Å². The third-order valence-corrected chi connectivity index (χ3v) is 3.10. The monoisotopic (exact) mass is 351 g/mol. The fraction of sp³-hybridized carbons (Fsp3) is 0.533. The Bertz CT molecular complexity index is 495. The molecule has 0 saturated heterocycles. The molecule has 1 aromatic rings. The second kappa shape index (κ2) is 10.3. The highest BCUT2D eigenvalue weighted by Gasteiger charge is 2.27. The zero-order valence-corrected chi connectivity index (χ0v) is 13.7. The summed E-state index contributed by atoms with van der Waals surface area (Å²) in [5.41, 5.74) is 0.903. The molecule has 8 heteroatoms. The van der Waals surface area contributed by atoms with E-state index in [2.05, 4.69) is 20.4 Å². The average molecular weight is 352 g/mol. The van der Waals surface area contributed by atoms with Gasteiger partial charge in [-0.15, -0.1) is 0 Å². The molecule has 0 atom stereocenters. The number of guanidine groups is 1. The smallest absolute Gasteiger partial charge is 0.372 e. The molecule has 0 unspecified atom stereocenters. The van der Waals surface area contributed by atoms with Crippen LogP contribution >= 0.6 is 11.6 Å². The fourth-order valence-corrected chi connectivity index (χ4v) is 1.90. The Balaban J connectivity index is 2.34. The molecule has 0 amide bonds. The molecule has 0 aliphatic carbocycles. The number of nitrogens with zero attached hydrogens (tertiary/aromatic N) is 1. The zero-order valence-electron chi connectivity index (χ0n) is 12.9. The second-order valence-electron chi connectivity index (χ2n) is 4.73. The highest BCUT2D eigenvalue weighted by Crippen LogP contribution is 2.15. The van der Waals surface area contributed by atoms with Crippen LogP contribution in [0, 0.1) is 0 Å². The molecule has 23 heavy (non-hydrogen) atoms. The topological polar surface area (TPSA) is 45.7 Å². The first-order valence-corrected chi connectivity index (χ1v) is 7.70. The minimum Gasteiger partial charge on any atom is -0.372 e. The quantitative estimate of drug-likeness (QED) is 0.429. The summed E-state index contributed by atoms with van der Waals surface area (Å²) in [6.45, 7) is 2.31. The highest BCUT2D eigenvalue weighted by molar-refractivity contribution is 6.31. The fourth-order valence-electron chi connectivity index (χ4n) is 1.70. The van der Waals surface area contributed by atoms with Gasteiger partial charge in [-0.05, 0) is 25.0 Å². The maximum atomic E-state index is 11.9. The van der Waals surface area contributed by atoms with Crippen molar-refractivity contribution in [2.45, 2.75) is 26.1 Å². The minimum atomic E-state index is -4.28. The van der Waals surface area contributed by atoms with Gasteiger partial charge in [-0.2, -0.15) is 13.2 Å². The van der Waals surface area contributed by atoms with Crippen LogP contribution in [0.4, 0.5) is 13.2 Å². The van der Waals surface area contributed by atoms with Crippen molar-refractivity contribution in [3.05, 3.63) is 34.9 Å². The Labute approximate surface area is 139 Å². The molecule has 0 spiro atoms. The molecule has 0 bridgehead atoms. The zero-order chi connectivity index (χ0) is 17.1. The Morgan fingerprint density at radius 2 is 2.00 bits per heavy atom. The SMILES string of the molecule is CCNC(=NCc1ccccc1Cl)NCCCOCC(F)(F)F. The highest BCUT2D eigenvalue weighted by atomic mass is 35.5. The third kappa shape index (κ3) is 9.30. The Morgan fingerprint density at radius 3 is 2.65 bits per heavy atom. The number of alkyl halides is 3. The van der Waals surface area contributed by atoms with E-state index in [-0.39, 0.29) is 6.61 Å². The van der Waals surface area contributed by atoms with Crippen molar-refractivity contribution < 1.29 is 17.9 Å². The van der Waals surface area contributed by atoms with Gasteiger partial charge >= 0.3 is 6.18 Å². The molecule has 2 N–H and O–H groups in total. The molecule has 1 rings (SSSR count).